The van der Waals surface area contributed by atoms with Gasteiger partial charge in [0.1, 0.15) is 5.69 Å². The number of benzene rings is 1. The van der Waals surface area contributed by atoms with E-state index in [-0.39, 0.29) is 18.7 Å². The quantitative estimate of drug-likeness (QED) is 0.681. The minimum absolute atomic E-state index is 0.0766. The van der Waals surface area contributed by atoms with Gasteiger partial charge in [0.2, 0.25) is 0 Å². The maximum Gasteiger partial charge on any atom is 0.185 e. The van der Waals surface area contributed by atoms with Gasteiger partial charge in [0.15, 0.2) is 23.3 Å². The Balaban J connectivity index is 2.04. The van der Waals surface area contributed by atoms with E-state index in [1.165, 1.54) is 0 Å². The molecule has 0 aliphatic carbocycles. The van der Waals surface area contributed by atoms with Crippen molar-refractivity contribution < 1.29 is 22.3 Å². The van der Waals surface area contributed by atoms with Crippen LogP contribution in [-0.4, -0.2) is 43.8 Å². The molecular weight excluding hydrogens is 276 g/mol. The van der Waals surface area contributed by atoms with Gasteiger partial charge in [-0.1, -0.05) is 6.92 Å². The number of rotatable bonds is 4. The van der Waals surface area contributed by atoms with Crippen molar-refractivity contribution in [3.05, 3.63) is 29.3 Å². The van der Waals surface area contributed by atoms with Crippen LogP contribution in [-0.2, 0) is 4.74 Å². The Hall–Kier alpha value is -1.34. The Kier molecular flexibility index (Phi) is 4.82. The van der Waals surface area contributed by atoms with Crippen molar-refractivity contribution in [2.75, 3.05) is 38.1 Å². The van der Waals surface area contributed by atoms with Crippen LogP contribution in [0.4, 0.5) is 23.2 Å². The Bertz CT molecular complexity index is 458. The van der Waals surface area contributed by atoms with E-state index in [1.54, 1.807) is 0 Å². The van der Waals surface area contributed by atoms with Gasteiger partial charge in [0, 0.05) is 25.7 Å². The van der Waals surface area contributed by atoms with Crippen LogP contribution in [0, 0.1) is 23.3 Å². The Morgan fingerprint density at radius 2 is 1.90 bits per heavy atom. The van der Waals surface area contributed by atoms with E-state index in [2.05, 4.69) is 10.2 Å². The zero-order chi connectivity index (χ0) is 14.7. The fourth-order valence-corrected chi connectivity index (χ4v) is 2.14. The van der Waals surface area contributed by atoms with Gasteiger partial charge >= 0.3 is 0 Å². The average molecular weight is 292 g/mol. The highest BCUT2D eigenvalue weighted by molar-refractivity contribution is 5.47. The molecule has 1 aromatic carbocycles. The molecule has 0 saturated carbocycles. The summed E-state index contributed by atoms with van der Waals surface area (Å²) in [5.41, 5.74) is -0.792. The van der Waals surface area contributed by atoms with Gasteiger partial charge in [-0.05, 0) is 6.54 Å². The third-order valence-electron chi connectivity index (χ3n) is 3.29. The Morgan fingerprint density at radius 3 is 2.50 bits per heavy atom. The lowest BCUT2D eigenvalue weighted by Gasteiger charge is -2.32. The number of hydrogen-bond acceptors (Lipinski definition) is 3. The highest BCUT2D eigenvalue weighted by atomic mass is 19.2. The first kappa shape index (κ1) is 15.1. The first-order valence-corrected chi connectivity index (χ1v) is 6.43. The minimum Gasteiger partial charge on any atom is -0.377 e. The molecule has 1 saturated heterocycles. The van der Waals surface area contributed by atoms with Crippen LogP contribution in [0.3, 0.4) is 0 Å². The molecule has 1 aliphatic heterocycles. The molecule has 0 spiro atoms. The van der Waals surface area contributed by atoms with Crippen molar-refractivity contribution in [2.24, 2.45) is 0 Å². The number of likely N-dealkylation sites (N-methyl/N-ethyl adjacent to an activating group) is 1. The molecule has 20 heavy (non-hydrogen) atoms. The second kappa shape index (κ2) is 6.41. The maximum absolute atomic E-state index is 13.4. The lowest BCUT2D eigenvalue weighted by Crippen LogP contribution is -2.45. The molecule has 1 unspecified atom stereocenters. The summed E-state index contributed by atoms with van der Waals surface area (Å²) in [5, 5.41) is 2.40. The standard InChI is InChI=1S/C13H16F4N2O/c1-2-19-3-4-20-8(7-19)6-18-13-11(16)9(14)5-10(15)12(13)17/h5,8,18H,2-4,6-7H2,1H3. The lowest BCUT2D eigenvalue weighted by molar-refractivity contribution is -0.0192. The monoisotopic (exact) mass is 292 g/mol. The average Bonchev–Trinajstić information content (AvgIpc) is 2.45. The highest BCUT2D eigenvalue weighted by Gasteiger charge is 2.22. The number of anilines is 1. The van der Waals surface area contributed by atoms with E-state index < -0.39 is 29.0 Å². The van der Waals surface area contributed by atoms with Crippen LogP contribution in [0.5, 0.6) is 0 Å². The molecule has 0 bridgehead atoms. The minimum atomic E-state index is -1.42. The van der Waals surface area contributed by atoms with Crippen molar-refractivity contribution in [3.63, 3.8) is 0 Å². The van der Waals surface area contributed by atoms with E-state index >= 15 is 0 Å². The molecular formula is C13H16F4N2O. The topological polar surface area (TPSA) is 24.5 Å². The summed E-state index contributed by atoms with van der Waals surface area (Å²) < 4.78 is 58.4. The molecule has 1 aromatic rings. The number of halogens is 4. The number of morpholine rings is 1. The van der Waals surface area contributed by atoms with Gasteiger partial charge in [0.05, 0.1) is 12.7 Å². The van der Waals surface area contributed by atoms with E-state index in [0.717, 1.165) is 13.1 Å². The van der Waals surface area contributed by atoms with Crippen molar-refractivity contribution in [1.82, 2.24) is 4.90 Å². The maximum atomic E-state index is 13.4. The molecule has 3 nitrogen and oxygen atoms in total. The van der Waals surface area contributed by atoms with Crippen LogP contribution in [0.2, 0.25) is 0 Å². The summed E-state index contributed by atoms with van der Waals surface area (Å²) in [6.45, 7) is 4.83. The van der Waals surface area contributed by atoms with Gasteiger partial charge in [-0.25, -0.2) is 17.6 Å². The summed E-state index contributed by atoms with van der Waals surface area (Å²) >= 11 is 0. The zero-order valence-corrected chi connectivity index (χ0v) is 11.1. The van der Waals surface area contributed by atoms with Crippen LogP contribution in [0.25, 0.3) is 0 Å². The zero-order valence-electron chi connectivity index (χ0n) is 11.1. The molecule has 0 aromatic heterocycles. The van der Waals surface area contributed by atoms with Crippen molar-refractivity contribution in [2.45, 2.75) is 13.0 Å². The first-order valence-electron chi connectivity index (χ1n) is 6.43. The van der Waals surface area contributed by atoms with Gasteiger partial charge < -0.3 is 10.1 Å². The molecule has 1 heterocycles. The van der Waals surface area contributed by atoms with Gasteiger partial charge in [-0.2, -0.15) is 0 Å². The highest BCUT2D eigenvalue weighted by Crippen LogP contribution is 2.24. The van der Waals surface area contributed by atoms with Crippen LogP contribution < -0.4 is 5.32 Å². The number of hydrogen-bond donors (Lipinski definition) is 1. The van der Waals surface area contributed by atoms with Crippen LogP contribution >= 0.6 is 0 Å². The Morgan fingerprint density at radius 1 is 1.25 bits per heavy atom. The van der Waals surface area contributed by atoms with Gasteiger partial charge in [0.25, 0.3) is 0 Å². The fraction of sp³-hybridized carbons (Fsp3) is 0.538. The molecule has 2 rings (SSSR count). The van der Waals surface area contributed by atoms with Gasteiger partial charge in [-0.15, -0.1) is 0 Å². The van der Waals surface area contributed by atoms with Crippen molar-refractivity contribution in [3.8, 4) is 0 Å². The lowest BCUT2D eigenvalue weighted by atomic mass is 10.2. The number of ether oxygens (including phenoxy) is 1. The summed E-state index contributed by atoms with van der Waals surface area (Å²) in [6, 6.07) is 0.186. The van der Waals surface area contributed by atoms with Crippen molar-refractivity contribution >= 4 is 5.69 Å². The summed E-state index contributed by atoms with van der Waals surface area (Å²) in [5.74, 6) is -5.70. The van der Waals surface area contributed by atoms with Crippen LogP contribution in [0.15, 0.2) is 6.07 Å². The molecule has 7 heteroatoms. The molecule has 1 atom stereocenters. The fourth-order valence-electron chi connectivity index (χ4n) is 2.14. The number of nitrogens with zero attached hydrogens (tertiary/aromatic N) is 1. The predicted octanol–water partition coefficient (Wildman–Crippen LogP) is 2.38. The predicted molar refractivity (Wildman–Crippen MR) is 66.6 cm³/mol. The molecule has 112 valence electrons. The Labute approximate surface area is 114 Å². The van der Waals surface area contributed by atoms with Gasteiger partial charge in [-0.3, -0.25) is 4.90 Å². The summed E-state index contributed by atoms with van der Waals surface area (Å²) in [4.78, 5) is 2.12. The number of nitrogens with one attached hydrogen (secondary N) is 1. The largest absolute Gasteiger partial charge is 0.377 e. The molecule has 0 radical (unpaired) electrons. The summed E-state index contributed by atoms with van der Waals surface area (Å²) in [7, 11) is 0. The molecule has 1 aliphatic rings. The second-order valence-corrected chi connectivity index (χ2v) is 4.61. The first-order chi connectivity index (χ1) is 9.52. The van der Waals surface area contributed by atoms with E-state index in [1.807, 2.05) is 6.92 Å². The van der Waals surface area contributed by atoms with Crippen molar-refractivity contribution in [1.29, 1.82) is 0 Å². The summed E-state index contributed by atoms with van der Waals surface area (Å²) in [6.07, 6.45) is -0.283. The molecule has 0 amide bonds. The molecule has 1 fully saturated rings. The second-order valence-electron chi connectivity index (χ2n) is 4.61. The van der Waals surface area contributed by atoms with E-state index in [4.69, 9.17) is 4.74 Å². The normalized spacial score (nSPS) is 20.1. The molecule has 1 N–H and O–H groups in total. The smallest absolute Gasteiger partial charge is 0.185 e. The third kappa shape index (κ3) is 3.21. The van der Waals surface area contributed by atoms with E-state index in [9.17, 15) is 17.6 Å². The van der Waals surface area contributed by atoms with E-state index in [0.29, 0.717) is 13.2 Å². The SMILES string of the molecule is CCN1CCOC(CNc2c(F)c(F)cc(F)c2F)C1. The third-order valence-corrected chi connectivity index (χ3v) is 3.29. The van der Waals surface area contributed by atoms with Crippen LogP contribution in [0.1, 0.15) is 6.92 Å².